The molecule has 1 atom stereocenters. The van der Waals surface area contributed by atoms with E-state index in [1.807, 2.05) is 24.3 Å². The van der Waals surface area contributed by atoms with Gasteiger partial charge in [-0.2, -0.15) is 0 Å². The van der Waals surface area contributed by atoms with E-state index in [0.29, 0.717) is 33.8 Å². The van der Waals surface area contributed by atoms with Crippen molar-refractivity contribution in [3.63, 3.8) is 0 Å². The Morgan fingerprint density at radius 3 is 2.12 bits per heavy atom. The molecule has 2 aromatic carbocycles. The second-order valence-corrected chi connectivity index (χ2v) is 6.68. The lowest BCUT2D eigenvalue weighted by molar-refractivity contribution is 0.0928. The lowest BCUT2D eigenvalue weighted by Gasteiger charge is -2.20. The molecule has 5 nitrogen and oxygen atoms in total. The molecule has 0 heterocycles. The molecule has 1 amide bonds. The van der Waals surface area contributed by atoms with Crippen molar-refractivity contribution in [2.75, 3.05) is 21.3 Å². The van der Waals surface area contributed by atoms with E-state index in [1.54, 1.807) is 19.2 Å². The van der Waals surface area contributed by atoms with Gasteiger partial charge in [0.2, 0.25) is 0 Å². The van der Waals surface area contributed by atoms with E-state index in [4.69, 9.17) is 25.8 Å². The van der Waals surface area contributed by atoms with Gasteiger partial charge in [-0.15, -0.1) is 0 Å². The molecule has 0 aliphatic heterocycles. The molecule has 0 aromatic heterocycles. The molecule has 2 aromatic rings. The van der Waals surface area contributed by atoms with E-state index >= 15 is 0 Å². The van der Waals surface area contributed by atoms with E-state index in [0.717, 1.165) is 18.4 Å². The minimum atomic E-state index is -0.213. The fourth-order valence-corrected chi connectivity index (χ4v) is 3.12. The Bertz CT molecular complexity index is 787. The van der Waals surface area contributed by atoms with Crippen molar-refractivity contribution in [2.45, 2.75) is 18.9 Å². The lowest BCUT2D eigenvalue weighted by Crippen LogP contribution is -2.30. The van der Waals surface area contributed by atoms with Crippen LogP contribution in [0.3, 0.4) is 0 Å². The largest absolute Gasteiger partial charge is 0.496 e. The van der Waals surface area contributed by atoms with E-state index in [-0.39, 0.29) is 11.9 Å². The summed E-state index contributed by atoms with van der Waals surface area (Å²) in [4.78, 5) is 13.0. The Labute approximate surface area is 158 Å². The standard InChI is InChI=1S/C20H22ClNO4/c1-24-16-11-18(26-3)17(25-2)10-15(16)20(23)22-19(12-4-5-12)13-6-8-14(21)9-7-13/h6-12,19H,4-5H2,1-3H3,(H,22,23). The average molecular weight is 376 g/mol. The minimum absolute atomic E-state index is 0.0578. The fourth-order valence-electron chi connectivity index (χ4n) is 3.00. The van der Waals surface area contributed by atoms with Crippen molar-refractivity contribution >= 4 is 17.5 Å². The number of benzene rings is 2. The summed E-state index contributed by atoms with van der Waals surface area (Å²) in [6, 6.07) is 10.8. The van der Waals surface area contributed by atoms with Gasteiger partial charge in [-0.1, -0.05) is 23.7 Å². The first-order valence-corrected chi connectivity index (χ1v) is 8.81. The Kier molecular flexibility index (Phi) is 5.57. The molecule has 1 saturated carbocycles. The number of rotatable bonds is 7. The van der Waals surface area contributed by atoms with Crippen LogP contribution in [0, 0.1) is 5.92 Å². The minimum Gasteiger partial charge on any atom is -0.496 e. The number of ether oxygens (including phenoxy) is 3. The Morgan fingerprint density at radius 2 is 1.58 bits per heavy atom. The second kappa shape index (κ2) is 7.87. The van der Waals surface area contributed by atoms with Crippen LogP contribution in [0.2, 0.25) is 5.02 Å². The Balaban J connectivity index is 1.89. The summed E-state index contributed by atoms with van der Waals surface area (Å²) in [5.74, 6) is 1.65. The average Bonchev–Trinajstić information content (AvgIpc) is 3.50. The number of amides is 1. The molecule has 0 spiro atoms. The van der Waals surface area contributed by atoms with E-state index in [1.165, 1.54) is 14.2 Å². The van der Waals surface area contributed by atoms with Crippen LogP contribution in [-0.2, 0) is 0 Å². The predicted octanol–water partition coefficient (Wildman–Crippen LogP) is 4.25. The second-order valence-electron chi connectivity index (χ2n) is 6.25. The predicted molar refractivity (Wildman–Crippen MR) is 100 cm³/mol. The SMILES string of the molecule is COc1cc(OC)c(C(=O)NC(c2ccc(Cl)cc2)C2CC2)cc1OC. The highest BCUT2D eigenvalue weighted by Gasteiger charge is 2.34. The summed E-state index contributed by atoms with van der Waals surface area (Å²) < 4.78 is 16.0. The monoisotopic (exact) mass is 375 g/mol. The highest BCUT2D eigenvalue weighted by atomic mass is 35.5. The highest BCUT2D eigenvalue weighted by Crippen LogP contribution is 2.42. The van der Waals surface area contributed by atoms with Crippen molar-refractivity contribution < 1.29 is 19.0 Å². The molecule has 1 aliphatic rings. The van der Waals surface area contributed by atoms with Gasteiger partial charge in [0.15, 0.2) is 11.5 Å². The van der Waals surface area contributed by atoms with Gasteiger partial charge in [-0.05, 0) is 36.5 Å². The van der Waals surface area contributed by atoms with Crippen LogP contribution in [0.15, 0.2) is 36.4 Å². The molecule has 6 heteroatoms. The van der Waals surface area contributed by atoms with Gasteiger partial charge in [0, 0.05) is 17.2 Å². The van der Waals surface area contributed by atoms with Gasteiger partial charge in [0.25, 0.3) is 5.91 Å². The maximum absolute atomic E-state index is 13.0. The number of halogens is 1. The molecule has 138 valence electrons. The van der Waals surface area contributed by atoms with Crippen LogP contribution >= 0.6 is 11.6 Å². The molecular formula is C20H22ClNO4. The molecule has 1 fully saturated rings. The van der Waals surface area contributed by atoms with Crippen molar-refractivity contribution in [1.29, 1.82) is 0 Å². The van der Waals surface area contributed by atoms with Gasteiger partial charge in [-0.3, -0.25) is 4.79 Å². The number of carbonyl (C=O) groups is 1. The molecule has 0 bridgehead atoms. The summed E-state index contributed by atoms with van der Waals surface area (Å²) in [5, 5.41) is 3.81. The third kappa shape index (κ3) is 3.88. The summed E-state index contributed by atoms with van der Waals surface area (Å²) in [6.45, 7) is 0. The molecule has 1 aliphatic carbocycles. The number of methoxy groups -OCH3 is 3. The van der Waals surface area contributed by atoms with Crippen LogP contribution in [0.5, 0.6) is 17.2 Å². The van der Waals surface area contributed by atoms with Crippen LogP contribution in [0.4, 0.5) is 0 Å². The number of carbonyl (C=O) groups excluding carboxylic acids is 1. The number of nitrogens with one attached hydrogen (secondary N) is 1. The molecule has 0 radical (unpaired) electrons. The molecule has 26 heavy (non-hydrogen) atoms. The normalized spacial score (nSPS) is 14.5. The summed E-state index contributed by atoms with van der Waals surface area (Å²) >= 11 is 5.99. The Morgan fingerprint density at radius 1 is 1.00 bits per heavy atom. The van der Waals surface area contributed by atoms with Crippen LogP contribution in [0.25, 0.3) is 0 Å². The smallest absolute Gasteiger partial charge is 0.255 e. The van der Waals surface area contributed by atoms with Crippen molar-refractivity contribution in [2.24, 2.45) is 5.92 Å². The summed E-state index contributed by atoms with van der Waals surface area (Å²) in [6.07, 6.45) is 2.19. The third-order valence-electron chi connectivity index (χ3n) is 4.56. The van der Waals surface area contributed by atoms with Crippen LogP contribution < -0.4 is 19.5 Å². The van der Waals surface area contributed by atoms with Crippen LogP contribution in [-0.4, -0.2) is 27.2 Å². The molecule has 0 saturated heterocycles. The number of hydrogen-bond donors (Lipinski definition) is 1. The maximum atomic E-state index is 13.0. The topological polar surface area (TPSA) is 56.8 Å². The van der Waals surface area contributed by atoms with Gasteiger partial charge >= 0.3 is 0 Å². The van der Waals surface area contributed by atoms with E-state index in [2.05, 4.69) is 5.32 Å². The Hall–Kier alpha value is -2.40. The third-order valence-corrected chi connectivity index (χ3v) is 4.81. The van der Waals surface area contributed by atoms with Gasteiger partial charge < -0.3 is 19.5 Å². The maximum Gasteiger partial charge on any atom is 0.255 e. The summed E-state index contributed by atoms with van der Waals surface area (Å²) in [7, 11) is 4.60. The van der Waals surface area contributed by atoms with Crippen molar-refractivity contribution in [3.05, 3.63) is 52.5 Å². The fraction of sp³-hybridized carbons (Fsp3) is 0.350. The molecule has 3 rings (SSSR count). The van der Waals surface area contributed by atoms with E-state index in [9.17, 15) is 4.79 Å². The van der Waals surface area contributed by atoms with E-state index < -0.39 is 0 Å². The zero-order chi connectivity index (χ0) is 18.7. The number of hydrogen-bond acceptors (Lipinski definition) is 4. The van der Waals surface area contributed by atoms with Gasteiger partial charge in [0.05, 0.1) is 32.9 Å². The quantitative estimate of drug-likeness (QED) is 0.786. The zero-order valence-electron chi connectivity index (χ0n) is 15.0. The first kappa shape index (κ1) is 18.4. The zero-order valence-corrected chi connectivity index (χ0v) is 15.8. The van der Waals surface area contributed by atoms with Gasteiger partial charge in [0.1, 0.15) is 5.75 Å². The lowest BCUT2D eigenvalue weighted by atomic mass is 10.0. The summed E-state index contributed by atoms with van der Waals surface area (Å²) in [5.41, 5.74) is 1.45. The molecule has 1 N–H and O–H groups in total. The molecule has 1 unspecified atom stereocenters. The first-order valence-electron chi connectivity index (χ1n) is 8.43. The van der Waals surface area contributed by atoms with Crippen molar-refractivity contribution in [1.82, 2.24) is 5.32 Å². The first-order chi connectivity index (χ1) is 12.6. The van der Waals surface area contributed by atoms with Gasteiger partial charge in [-0.25, -0.2) is 0 Å². The van der Waals surface area contributed by atoms with Crippen molar-refractivity contribution in [3.8, 4) is 17.2 Å². The highest BCUT2D eigenvalue weighted by molar-refractivity contribution is 6.30. The molecular weight excluding hydrogens is 354 g/mol. The van der Waals surface area contributed by atoms with Crippen LogP contribution in [0.1, 0.15) is 34.8 Å².